The smallest absolute Gasteiger partial charge is 0 e. The second-order valence-corrected chi connectivity index (χ2v) is 5.66. The van der Waals surface area contributed by atoms with Crippen molar-refractivity contribution in [3.8, 4) is 12.1 Å². The van der Waals surface area contributed by atoms with Gasteiger partial charge in [-0.3, -0.25) is 0 Å². The van der Waals surface area contributed by atoms with Crippen LogP contribution in [0.25, 0.3) is 0 Å². The van der Waals surface area contributed by atoms with Gasteiger partial charge in [-0.2, -0.15) is 10.5 Å². The zero-order valence-electron chi connectivity index (χ0n) is 11.1. The number of hydrogen-bond acceptors (Lipinski definition) is 2. The minimum atomic E-state index is -10.7. The summed E-state index contributed by atoms with van der Waals surface area (Å²) in [6.45, 7) is 2.86. The topological polar surface area (TPSA) is 47.6 Å². The number of nitrogens with zero attached hydrogens (tertiary/aromatic N) is 2. The molecule has 0 N–H and O–H groups in total. The van der Waals surface area contributed by atoms with E-state index in [1.165, 1.54) is 20.3 Å². The molecule has 0 aliphatic heterocycles. The summed E-state index contributed by atoms with van der Waals surface area (Å²) >= 11 is 0. The first-order chi connectivity index (χ1) is 8.73. The Hall–Kier alpha value is -0.907. The van der Waals surface area contributed by atoms with Crippen molar-refractivity contribution < 1.29 is 44.7 Å². The fraction of sp³-hybridized carbons (Fsp3) is 0.455. The third-order valence-corrected chi connectivity index (χ3v) is 1.76. The second-order valence-electron chi connectivity index (χ2n) is 3.74. The van der Waals surface area contributed by atoms with E-state index in [0.29, 0.717) is 0 Å². The van der Waals surface area contributed by atoms with E-state index in [2.05, 4.69) is 24.3 Å². The van der Waals surface area contributed by atoms with Crippen molar-refractivity contribution in [3.63, 3.8) is 0 Å². The summed E-state index contributed by atoms with van der Waals surface area (Å²) in [7, 11) is -10.7. The van der Waals surface area contributed by atoms with Gasteiger partial charge in [-0.05, 0) is 18.3 Å². The van der Waals surface area contributed by atoms with Crippen LogP contribution in [-0.2, 0) is 19.5 Å². The molecule has 0 saturated heterocycles. The van der Waals surface area contributed by atoms with Crippen LogP contribution in [-0.4, -0.2) is 0 Å². The zero-order valence-corrected chi connectivity index (χ0v) is 13.6. The van der Waals surface area contributed by atoms with Gasteiger partial charge in [-0.25, -0.2) is 0 Å². The molecule has 125 valence electrons. The first kappa shape index (κ1) is 25.1. The molecule has 0 atom stereocenters. The van der Waals surface area contributed by atoms with Crippen LogP contribution in [0, 0.1) is 34.5 Å². The molecule has 0 saturated carbocycles. The summed E-state index contributed by atoms with van der Waals surface area (Å²) in [6.07, 6.45) is 10.5. The predicted molar refractivity (Wildman–Crippen MR) is 66.0 cm³/mol. The van der Waals surface area contributed by atoms with Crippen molar-refractivity contribution in [1.29, 1.82) is 10.5 Å². The quantitative estimate of drug-likeness (QED) is 0.202. The molecule has 0 heterocycles. The molecule has 0 spiro atoms. The Morgan fingerprint density at radius 2 is 0.952 bits per heavy atom. The average Bonchev–Trinajstić information content (AvgIpc) is 2.77. The summed E-state index contributed by atoms with van der Waals surface area (Å²) in [6, 6.07) is 3.50. The van der Waals surface area contributed by atoms with E-state index in [1.807, 2.05) is 0 Å². The minimum Gasteiger partial charge on any atom is 0 e. The number of fused-ring (bicyclic) bond motifs is 2. The number of rotatable bonds is 0. The number of hydrogen-bond donors (Lipinski definition) is 0. The molecule has 1 radical (unpaired) electrons. The Labute approximate surface area is 132 Å². The van der Waals surface area contributed by atoms with Crippen LogP contribution in [0.4, 0.5) is 25.2 Å². The molecule has 0 aromatic carbocycles. The first-order valence-electron chi connectivity index (χ1n) is 5.28. The average molecular weight is 422 g/mol. The molecule has 0 fully saturated rings. The van der Waals surface area contributed by atoms with Crippen molar-refractivity contribution >= 4 is 7.81 Å². The van der Waals surface area contributed by atoms with Gasteiger partial charge in [0.25, 0.3) is 0 Å². The molecule has 2 rings (SSSR count). The van der Waals surface area contributed by atoms with Crippen molar-refractivity contribution in [2.45, 2.75) is 20.3 Å². The summed E-state index contributed by atoms with van der Waals surface area (Å²) in [5, 5.41) is 14.6. The molecule has 0 aromatic rings. The van der Waals surface area contributed by atoms with Gasteiger partial charge in [0.05, 0.1) is 12.1 Å². The number of nitriles is 2. The molecule has 0 aromatic heterocycles. The van der Waals surface area contributed by atoms with Gasteiger partial charge >= 0.3 is 33.0 Å². The first-order valence-corrected chi connectivity index (χ1v) is 7.31. The van der Waals surface area contributed by atoms with Crippen molar-refractivity contribution in [3.05, 3.63) is 24.3 Å². The Bertz CT molecular complexity index is 391. The van der Waals surface area contributed by atoms with Gasteiger partial charge in [-0.15, -0.1) is 0 Å². The standard InChI is InChI=1S/C7H8.2C2H3N.F6P.Rh/c1-2-7-4-3-6(1)5-7;2*1-2-3;1-7(2,3,4,5)6;/h1-4,6-7H,5H2;2*1H3;;/q;;;-1;. The SMILES string of the molecule is C1=CC2C=CC1C2.CC#N.CC#N.F[P-](F)(F)(F)(F)F.[Rh]. The van der Waals surface area contributed by atoms with Crippen LogP contribution < -0.4 is 0 Å². The van der Waals surface area contributed by atoms with Crippen LogP contribution in [0.1, 0.15) is 20.3 Å². The molecule has 2 aliphatic carbocycles. The van der Waals surface area contributed by atoms with Gasteiger partial charge in [0, 0.05) is 33.3 Å². The Balaban J connectivity index is -0.000000220. The molecule has 10 heteroatoms. The van der Waals surface area contributed by atoms with Crippen LogP contribution >= 0.6 is 7.81 Å². The fourth-order valence-corrected chi connectivity index (χ4v) is 1.33. The number of halogens is 6. The number of allylic oxidation sites excluding steroid dienone is 4. The maximum atomic E-state index is 9.87. The third kappa shape index (κ3) is 32.5. The van der Waals surface area contributed by atoms with Crippen molar-refractivity contribution in [2.24, 2.45) is 11.8 Å². The maximum absolute atomic E-state index is 10.7. The molecular weight excluding hydrogens is 408 g/mol. The van der Waals surface area contributed by atoms with Crippen molar-refractivity contribution in [2.75, 3.05) is 0 Å². The molecule has 2 bridgehead atoms. The van der Waals surface area contributed by atoms with E-state index in [4.69, 9.17) is 10.5 Å². The summed E-state index contributed by atoms with van der Waals surface area (Å²) in [5.41, 5.74) is 0. The van der Waals surface area contributed by atoms with Gasteiger partial charge in [-0.1, -0.05) is 24.3 Å². The largest absolute Gasteiger partial charge is 0 e. The van der Waals surface area contributed by atoms with Gasteiger partial charge in [0.2, 0.25) is 0 Å². The Morgan fingerprint density at radius 1 is 0.810 bits per heavy atom. The molecule has 0 unspecified atom stereocenters. The maximum Gasteiger partial charge on any atom is 0 e. The predicted octanol–water partition coefficient (Wildman–Crippen LogP) is 6.19. The van der Waals surface area contributed by atoms with E-state index >= 15 is 0 Å². The van der Waals surface area contributed by atoms with E-state index in [1.54, 1.807) is 12.1 Å². The molecular formula is C11H14F6N2PRh-. The van der Waals surface area contributed by atoms with E-state index in [-0.39, 0.29) is 19.5 Å². The minimum absolute atomic E-state index is 0. The van der Waals surface area contributed by atoms with E-state index < -0.39 is 7.81 Å². The van der Waals surface area contributed by atoms with Crippen molar-refractivity contribution in [1.82, 2.24) is 0 Å². The Morgan fingerprint density at radius 3 is 1.00 bits per heavy atom. The van der Waals surface area contributed by atoms with Crippen LogP contribution in [0.15, 0.2) is 24.3 Å². The molecule has 21 heavy (non-hydrogen) atoms. The summed E-state index contributed by atoms with van der Waals surface area (Å²) < 4.78 is 59.2. The third-order valence-electron chi connectivity index (χ3n) is 1.76. The molecule has 0 amide bonds. The van der Waals surface area contributed by atoms with Crippen LogP contribution in [0.3, 0.4) is 0 Å². The fourth-order valence-electron chi connectivity index (χ4n) is 1.33. The second kappa shape index (κ2) is 8.52. The molecule has 2 aliphatic rings. The zero-order chi connectivity index (χ0) is 16.5. The summed E-state index contributed by atoms with van der Waals surface area (Å²) in [5.74, 6) is 1.62. The monoisotopic (exact) mass is 422 g/mol. The van der Waals surface area contributed by atoms with E-state index in [9.17, 15) is 25.2 Å². The van der Waals surface area contributed by atoms with Crippen LogP contribution in [0.2, 0.25) is 0 Å². The van der Waals surface area contributed by atoms with Gasteiger partial charge < -0.3 is 0 Å². The van der Waals surface area contributed by atoms with E-state index in [0.717, 1.165) is 11.8 Å². The normalized spacial score (nSPS) is 23.0. The summed E-state index contributed by atoms with van der Waals surface area (Å²) in [4.78, 5) is 0. The van der Waals surface area contributed by atoms with Gasteiger partial charge in [0.1, 0.15) is 0 Å². The van der Waals surface area contributed by atoms with Crippen LogP contribution in [0.5, 0.6) is 0 Å². The van der Waals surface area contributed by atoms with Gasteiger partial charge in [0.15, 0.2) is 0 Å². The Kier molecular flexibility index (Phi) is 10.2. The molecule has 2 nitrogen and oxygen atoms in total.